The van der Waals surface area contributed by atoms with Gasteiger partial charge >= 0.3 is 5.97 Å². The second kappa shape index (κ2) is 9.64. The number of ether oxygens (including phenoxy) is 2. The molecular formula is C29H31NO4. The van der Waals surface area contributed by atoms with Crippen LogP contribution in [0, 0.1) is 0 Å². The van der Waals surface area contributed by atoms with Gasteiger partial charge in [-0.05, 0) is 59.4 Å². The third-order valence-electron chi connectivity index (χ3n) is 5.87. The Labute approximate surface area is 200 Å². The zero-order valence-corrected chi connectivity index (χ0v) is 20.1. The molecule has 0 aliphatic carbocycles. The van der Waals surface area contributed by atoms with Crippen molar-refractivity contribution < 1.29 is 19.4 Å². The molecule has 0 fully saturated rings. The minimum atomic E-state index is -0.865. The van der Waals surface area contributed by atoms with Gasteiger partial charge in [-0.25, -0.2) is 0 Å². The van der Waals surface area contributed by atoms with Gasteiger partial charge in [0.25, 0.3) is 0 Å². The second-order valence-corrected chi connectivity index (χ2v) is 9.43. The number of carboxylic acid groups (broad SMARTS) is 1. The average molecular weight is 458 g/mol. The van der Waals surface area contributed by atoms with Crippen LogP contribution in [-0.2, 0) is 23.2 Å². The van der Waals surface area contributed by atoms with Gasteiger partial charge in [0.1, 0.15) is 6.61 Å². The van der Waals surface area contributed by atoms with Crippen LogP contribution in [0.25, 0.3) is 22.2 Å². The lowest BCUT2D eigenvalue weighted by Crippen LogP contribution is -2.10. The molecule has 0 spiro atoms. The first-order chi connectivity index (χ1) is 16.3. The molecule has 0 saturated carbocycles. The zero-order chi connectivity index (χ0) is 24.3. The molecule has 0 saturated heterocycles. The number of carbonyl (C=O) groups is 1. The van der Waals surface area contributed by atoms with Gasteiger partial charge in [-0.1, -0.05) is 57.2 Å². The first kappa shape index (κ1) is 23.4. The van der Waals surface area contributed by atoms with Crippen molar-refractivity contribution in [2.24, 2.45) is 0 Å². The van der Waals surface area contributed by atoms with E-state index in [0.717, 1.165) is 38.9 Å². The lowest BCUT2D eigenvalue weighted by atomic mass is 9.86. The molecule has 0 atom stereocenters. The first-order valence-corrected chi connectivity index (χ1v) is 11.6. The number of aromatic amines is 1. The summed E-state index contributed by atoms with van der Waals surface area (Å²) in [6, 6.07) is 22.0. The molecule has 0 aliphatic rings. The number of rotatable bonds is 8. The summed E-state index contributed by atoms with van der Waals surface area (Å²) in [4.78, 5) is 15.2. The SMILES string of the molecule is CCOc1cc(-c2[nH]c3ccc(C(C)(C)C)cc3c2CC(=O)O)ccc1OCc1ccccc1. The highest BCUT2D eigenvalue weighted by Gasteiger charge is 2.20. The summed E-state index contributed by atoms with van der Waals surface area (Å²) in [5, 5.41) is 10.6. The number of nitrogens with one attached hydrogen (secondary N) is 1. The number of H-pyrrole nitrogens is 1. The highest BCUT2D eigenvalue weighted by molar-refractivity contribution is 5.94. The van der Waals surface area contributed by atoms with E-state index in [-0.39, 0.29) is 11.8 Å². The lowest BCUT2D eigenvalue weighted by molar-refractivity contribution is -0.136. The third-order valence-corrected chi connectivity index (χ3v) is 5.87. The van der Waals surface area contributed by atoms with Crippen molar-refractivity contribution in [2.75, 3.05) is 6.61 Å². The molecule has 176 valence electrons. The average Bonchev–Trinajstić information content (AvgIpc) is 3.15. The van der Waals surface area contributed by atoms with Gasteiger partial charge in [-0.15, -0.1) is 0 Å². The number of fused-ring (bicyclic) bond motifs is 1. The summed E-state index contributed by atoms with van der Waals surface area (Å²) in [6.07, 6.45) is -0.0703. The molecule has 2 N–H and O–H groups in total. The lowest BCUT2D eigenvalue weighted by Gasteiger charge is -2.19. The maximum absolute atomic E-state index is 11.8. The normalized spacial score (nSPS) is 11.5. The van der Waals surface area contributed by atoms with Crippen LogP contribution >= 0.6 is 0 Å². The standard InChI is InChI=1S/C29H31NO4/c1-5-33-26-15-20(11-14-25(26)34-18-19-9-7-6-8-10-19)28-23(17-27(31)32)22-16-21(29(2,3)4)12-13-24(22)30-28/h6-16,30H,5,17-18H2,1-4H3,(H,31,32). The van der Waals surface area contributed by atoms with E-state index in [4.69, 9.17) is 9.47 Å². The predicted molar refractivity (Wildman–Crippen MR) is 136 cm³/mol. The van der Waals surface area contributed by atoms with Crippen LogP contribution in [0.3, 0.4) is 0 Å². The minimum Gasteiger partial charge on any atom is -0.490 e. The second-order valence-electron chi connectivity index (χ2n) is 9.43. The monoisotopic (exact) mass is 457 g/mol. The summed E-state index contributed by atoms with van der Waals surface area (Å²) >= 11 is 0. The van der Waals surface area contributed by atoms with Crippen LogP contribution in [0.5, 0.6) is 11.5 Å². The molecular weight excluding hydrogens is 426 g/mol. The van der Waals surface area contributed by atoms with Gasteiger partial charge in [0.2, 0.25) is 0 Å². The predicted octanol–water partition coefficient (Wildman–Crippen LogP) is 6.74. The highest BCUT2D eigenvalue weighted by atomic mass is 16.5. The van der Waals surface area contributed by atoms with Crippen LogP contribution in [-0.4, -0.2) is 22.7 Å². The Morgan fingerprint density at radius 1 is 0.941 bits per heavy atom. The molecule has 3 aromatic carbocycles. The molecule has 4 aromatic rings. The Morgan fingerprint density at radius 2 is 1.71 bits per heavy atom. The number of benzene rings is 3. The molecule has 0 aliphatic heterocycles. The van der Waals surface area contributed by atoms with E-state index in [1.165, 1.54) is 0 Å². The van der Waals surface area contributed by atoms with Crippen molar-refractivity contribution in [1.29, 1.82) is 0 Å². The van der Waals surface area contributed by atoms with Crippen molar-refractivity contribution in [3.05, 3.63) is 83.4 Å². The van der Waals surface area contributed by atoms with Crippen LogP contribution < -0.4 is 9.47 Å². The molecule has 34 heavy (non-hydrogen) atoms. The number of aliphatic carboxylic acids is 1. The first-order valence-electron chi connectivity index (χ1n) is 11.6. The van der Waals surface area contributed by atoms with Crippen molar-refractivity contribution in [3.63, 3.8) is 0 Å². The fourth-order valence-corrected chi connectivity index (χ4v) is 4.08. The Balaban J connectivity index is 1.76. The fraction of sp³-hybridized carbons (Fsp3) is 0.276. The van der Waals surface area contributed by atoms with E-state index in [9.17, 15) is 9.90 Å². The van der Waals surface area contributed by atoms with Crippen LogP contribution in [0.4, 0.5) is 0 Å². The van der Waals surface area contributed by atoms with E-state index in [1.807, 2.05) is 61.5 Å². The van der Waals surface area contributed by atoms with Gasteiger partial charge in [0.15, 0.2) is 11.5 Å². The third kappa shape index (κ3) is 5.09. The molecule has 0 bridgehead atoms. The summed E-state index contributed by atoms with van der Waals surface area (Å²) in [5.74, 6) is 0.419. The Morgan fingerprint density at radius 3 is 2.38 bits per heavy atom. The smallest absolute Gasteiger partial charge is 0.307 e. The number of hydrogen-bond acceptors (Lipinski definition) is 3. The quantitative estimate of drug-likeness (QED) is 0.307. The molecule has 4 rings (SSSR count). The van der Waals surface area contributed by atoms with Crippen LogP contribution in [0.15, 0.2) is 66.7 Å². The van der Waals surface area contributed by atoms with Gasteiger partial charge in [-0.2, -0.15) is 0 Å². The number of hydrogen-bond donors (Lipinski definition) is 2. The topological polar surface area (TPSA) is 71.6 Å². The maximum Gasteiger partial charge on any atom is 0.307 e. The Hall–Kier alpha value is -3.73. The van der Waals surface area contributed by atoms with Crippen LogP contribution in [0.2, 0.25) is 0 Å². The highest BCUT2D eigenvalue weighted by Crippen LogP contribution is 2.38. The molecule has 5 nitrogen and oxygen atoms in total. The summed E-state index contributed by atoms with van der Waals surface area (Å²) < 4.78 is 11.9. The van der Waals surface area contributed by atoms with Crippen LogP contribution in [0.1, 0.15) is 44.4 Å². The maximum atomic E-state index is 11.8. The van der Waals surface area contributed by atoms with Gasteiger partial charge in [0.05, 0.1) is 18.7 Å². The molecule has 1 aromatic heterocycles. The number of aromatic nitrogens is 1. The van der Waals surface area contributed by atoms with E-state index >= 15 is 0 Å². The van der Waals surface area contributed by atoms with E-state index in [0.29, 0.717) is 24.7 Å². The minimum absolute atomic E-state index is 0.0357. The molecule has 0 amide bonds. The molecule has 1 heterocycles. The van der Waals surface area contributed by atoms with E-state index < -0.39 is 5.97 Å². The summed E-state index contributed by atoms with van der Waals surface area (Å²) in [7, 11) is 0. The van der Waals surface area contributed by atoms with Crippen molar-refractivity contribution in [1.82, 2.24) is 4.98 Å². The molecule has 0 radical (unpaired) electrons. The Bertz CT molecular complexity index is 1300. The van der Waals surface area contributed by atoms with Gasteiger partial charge < -0.3 is 19.6 Å². The molecule has 0 unspecified atom stereocenters. The van der Waals surface area contributed by atoms with Gasteiger partial charge in [0, 0.05) is 16.5 Å². The zero-order valence-electron chi connectivity index (χ0n) is 20.1. The summed E-state index contributed by atoms with van der Waals surface area (Å²) in [5.41, 5.74) is 5.54. The summed E-state index contributed by atoms with van der Waals surface area (Å²) in [6.45, 7) is 9.32. The molecule has 5 heteroatoms. The van der Waals surface area contributed by atoms with Gasteiger partial charge in [-0.3, -0.25) is 4.79 Å². The van der Waals surface area contributed by atoms with Crippen molar-refractivity contribution in [2.45, 2.75) is 46.1 Å². The van der Waals surface area contributed by atoms with E-state index in [1.54, 1.807) is 0 Å². The van der Waals surface area contributed by atoms with Crippen molar-refractivity contribution in [3.8, 4) is 22.8 Å². The Kier molecular flexibility index (Phi) is 6.64. The van der Waals surface area contributed by atoms with Crippen molar-refractivity contribution >= 4 is 16.9 Å². The number of carboxylic acids is 1. The largest absolute Gasteiger partial charge is 0.490 e. The fourth-order valence-electron chi connectivity index (χ4n) is 4.08. The van der Waals surface area contributed by atoms with E-state index in [2.05, 4.69) is 37.9 Å².